The molecule has 1 aliphatic rings. The molecule has 1 amide bonds. The maximum absolute atomic E-state index is 13.7. The fourth-order valence-corrected chi connectivity index (χ4v) is 3.11. The maximum atomic E-state index is 13.7. The van der Waals surface area contributed by atoms with Gasteiger partial charge in [0.15, 0.2) is 0 Å². The second kappa shape index (κ2) is 7.11. The van der Waals surface area contributed by atoms with Crippen molar-refractivity contribution >= 4 is 17.5 Å². The molecule has 3 nitrogen and oxygen atoms in total. The van der Waals surface area contributed by atoms with Crippen LogP contribution in [0.3, 0.4) is 0 Å². The molecule has 1 N–H and O–H groups in total. The predicted octanol–water partition coefficient (Wildman–Crippen LogP) is 2.02. The Kier molecular flexibility index (Phi) is 4.94. The van der Waals surface area contributed by atoms with Gasteiger partial charge in [0, 0.05) is 16.1 Å². The minimum atomic E-state index is -0.155. The van der Waals surface area contributed by atoms with Gasteiger partial charge in [0.05, 0.1) is 26.2 Å². The number of quaternary nitrogens is 1. The van der Waals surface area contributed by atoms with Gasteiger partial charge >= 0.3 is 0 Å². The number of nitrogens with zero attached hydrogens (tertiary/aromatic N) is 1. The molecule has 1 heterocycles. The van der Waals surface area contributed by atoms with E-state index in [9.17, 15) is 9.18 Å². The number of carbonyl (C=O) groups excluding carboxylic acids is 1. The first-order valence-corrected chi connectivity index (χ1v) is 8.13. The van der Waals surface area contributed by atoms with Crippen LogP contribution in [0.15, 0.2) is 48.5 Å². The van der Waals surface area contributed by atoms with Crippen LogP contribution in [-0.2, 0) is 6.54 Å². The van der Waals surface area contributed by atoms with E-state index in [4.69, 9.17) is 11.6 Å². The van der Waals surface area contributed by atoms with Gasteiger partial charge in [-0.1, -0.05) is 35.9 Å². The summed E-state index contributed by atoms with van der Waals surface area (Å²) in [4.78, 5) is 15.6. The van der Waals surface area contributed by atoms with Crippen molar-refractivity contribution in [2.45, 2.75) is 6.54 Å². The van der Waals surface area contributed by atoms with Gasteiger partial charge in [0.1, 0.15) is 12.4 Å². The van der Waals surface area contributed by atoms with E-state index in [0.29, 0.717) is 30.2 Å². The van der Waals surface area contributed by atoms with Crippen molar-refractivity contribution in [3.8, 4) is 0 Å². The first-order valence-electron chi connectivity index (χ1n) is 7.75. The Morgan fingerprint density at radius 2 is 1.87 bits per heavy atom. The lowest BCUT2D eigenvalue weighted by atomic mass is 10.1. The fraction of sp³-hybridized carbons (Fsp3) is 0.278. The minimum Gasteiger partial charge on any atom is -0.328 e. The van der Waals surface area contributed by atoms with E-state index in [1.54, 1.807) is 30.3 Å². The Balaban J connectivity index is 1.58. The van der Waals surface area contributed by atoms with Gasteiger partial charge in [-0.15, -0.1) is 0 Å². The molecule has 5 heteroatoms. The lowest BCUT2D eigenvalue weighted by molar-refractivity contribution is -0.917. The highest BCUT2D eigenvalue weighted by Gasteiger charge is 2.25. The Hall–Kier alpha value is -1.91. The van der Waals surface area contributed by atoms with Crippen molar-refractivity contribution in [2.75, 3.05) is 26.2 Å². The number of hydrogen-bond donors (Lipinski definition) is 1. The Morgan fingerprint density at radius 1 is 1.13 bits per heavy atom. The molecule has 1 saturated heterocycles. The summed E-state index contributed by atoms with van der Waals surface area (Å²) in [6.07, 6.45) is 0. The number of halogens is 2. The molecule has 0 atom stereocenters. The van der Waals surface area contributed by atoms with Crippen LogP contribution >= 0.6 is 11.6 Å². The van der Waals surface area contributed by atoms with Crippen LogP contribution in [0, 0.1) is 5.82 Å². The number of nitrogens with one attached hydrogen (secondary N) is 1. The highest BCUT2D eigenvalue weighted by molar-refractivity contribution is 6.30. The van der Waals surface area contributed by atoms with Crippen molar-refractivity contribution in [2.24, 2.45) is 0 Å². The zero-order valence-electron chi connectivity index (χ0n) is 12.8. The molecule has 0 unspecified atom stereocenters. The van der Waals surface area contributed by atoms with Crippen LogP contribution in [0.2, 0.25) is 5.02 Å². The molecule has 0 radical (unpaired) electrons. The van der Waals surface area contributed by atoms with Crippen LogP contribution in [0.1, 0.15) is 15.9 Å². The molecule has 2 aromatic rings. The second-order valence-electron chi connectivity index (χ2n) is 5.82. The van der Waals surface area contributed by atoms with Crippen molar-refractivity contribution in [3.05, 3.63) is 70.5 Å². The molecule has 23 heavy (non-hydrogen) atoms. The normalized spacial score (nSPS) is 15.7. The minimum absolute atomic E-state index is 0.0115. The summed E-state index contributed by atoms with van der Waals surface area (Å²) >= 11 is 5.95. The molecule has 3 rings (SSSR count). The van der Waals surface area contributed by atoms with Gasteiger partial charge in [-0.2, -0.15) is 0 Å². The van der Waals surface area contributed by atoms with Gasteiger partial charge in [0.2, 0.25) is 0 Å². The number of rotatable bonds is 3. The van der Waals surface area contributed by atoms with Gasteiger partial charge in [-0.25, -0.2) is 4.39 Å². The molecule has 120 valence electrons. The number of carbonyl (C=O) groups is 1. The topological polar surface area (TPSA) is 24.8 Å². The maximum Gasteiger partial charge on any atom is 0.254 e. The zero-order chi connectivity index (χ0) is 16.2. The summed E-state index contributed by atoms with van der Waals surface area (Å²) in [5, 5.41) is 0.569. The lowest BCUT2D eigenvalue weighted by Gasteiger charge is -2.32. The van der Waals surface area contributed by atoms with Crippen LogP contribution in [0.5, 0.6) is 0 Å². The quantitative estimate of drug-likeness (QED) is 0.913. The summed E-state index contributed by atoms with van der Waals surface area (Å²) in [6.45, 7) is 3.65. The lowest BCUT2D eigenvalue weighted by Crippen LogP contribution is -3.13. The average Bonchev–Trinajstić information content (AvgIpc) is 2.57. The number of amides is 1. The zero-order valence-corrected chi connectivity index (χ0v) is 13.5. The number of benzene rings is 2. The van der Waals surface area contributed by atoms with E-state index in [1.807, 2.05) is 17.0 Å². The van der Waals surface area contributed by atoms with E-state index in [1.165, 1.54) is 11.0 Å². The third-order valence-electron chi connectivity index (χ3n) is 4.23. The second-order valence-corrected chi connectivity index (χ2v) is 6.26. The fourth-order valence-electron chi connectivity index (χ4n) is 2.92. The van der Waals surface area contributed by atoms with E-state index in [2.05, 4.69) is 0 Å². The molecule has 0 bridgehead atoms. The molecule has 0 spiro atoms. The average molecular weight is 334 g/mol. The molecule has 2 aromatic carbocycles. The smallest absolute Gasteiger partial charge is 0.254 e. The first kappa shape index (κ1) is 16.0. The SMILES string of the molecule is O=C(c1cccc(Cl)c1)N1CC[NH+](Cc2ccccc2F)CC1. The first-order chi connectivity index (χ1) is 11.1. The van der Waals surface area contributed by atoms with Crippen LogP contribution < -0.4 is 4.90 Å². The molecular formula is C18H19ClFN2O+. The molecular weight excluding hydrogens is 315 g/mol. The third-order valence-corrected chi connectivity index (χ3v) is 4.46. The van der Waals surface area contributed by atoms with E-state index in [-0.39, 0.29) is 11.7 Å². The summed E-state index contributed by atoms with van der Waals surface area (Å²) in [5.74, 6) is -0.144. The van der Waals surface area contributed by atoms with Crippen molar-refractivity contribution in [1.29, 1.82) is 0 Å². The van der Waals surface area contributed by atoms with E-state index < -0.39 is 0 Å². The predicted molar refractivity (Wildman–Crippen MR) is 88.2 cm³/mol. The highest BCUT2D eigenvalue weighted by atomic mass is 35.5. The highest BCUT2D eigenvalue weighted by Crippen LogP contribution is 2.13. The molecule has 0 aromatic heterocycles. The van der Waals surface area contributed by atoms with Crippen LogP contribution in [0.4, 0.5) is 4.39 Å². The Bertz CT molecular complexity index is 699. The summed E-state index contributed by atoms with van der Waals surface area (Å²) in [5.41, 5.74) is 1.35. The van der Waals surface area contributed by atoms with E-state index >= 15 is 0 Å². The van der Waals surface area contributed by atoms with Crippen molar-refractivity contribution < 1.29 is 14.1 Å². The Labute approximate surface area is 140 Å². The monoisotopic (exact) mass is 333 g/mol. The standard InChI is InChI=1S/C18H18ClFN2O/c19-16-6-3-5-14(12-16)18(23)22-10-8-21(9-11-22)13-15-4-1-2-7-17(15)20/h1-7,12H,8-11,13H2/p+1. The number of piperazine rings is 1. The summed E-state index contributed by atoms with van der Waals surface area (Å²) in [7, 11) is 0. The summed E-state index contributed by atoms with van der Waals surface area (Å²) in [6, 6.07) is 13.9. The van der Waals surface area contributed by atoms with Crippen molar-refractivity contribution in [1.82, 2.24) is 4.90 Å². The summed E-state index contributed by atoms with van der Waals surface area (Å²) < 4.78 is 13.7. The van der Waals surface area contributed by atoms with Crippen LogP contribution in [-0.4, -0.2) is 37.0 Å². The molecule has 0 aliphatic carbocycles. The van der Waals surface area contributed by atoms with Crippen molar-refractivity contribution in [3.63, 3.8) is 0 Å². The van der Waals surface area contributed by atoms with Crippen LogP contribution in [0.25, 0.3) is 0 Å². The third kappa shape index (κ3) is 3.89. The molecule has 0 saturated carbocycles. The Morgan fingerprint density at radius 3 is 2.57 bits per heavy atom. The van der Waals surface area contributed by atoms with Gasteiger partial charge in [-0.3, -0.25) is 4.79 Å². The number of hydrogen-bond acceptors (Lipinski definition) is 1. The van der Waals surface area contributed by atoms with Gasteiger partial charge in [0.25, 0.3) is 5.91 Å². The molecule has 1 aliphatic heterocycles. The largest absolute Gasteiger partial charge is 0.328 e. The molecule has 1 fully saturated rings. The van der Waals surface area contributed by atoms with Gasteiger partial charge in [-0.05, 0) is 24.3 Å². The van der Waals surface area contributed by atoms with Gasteiger partial charge < -0.3 is 9.80 Å². The van der Waals surface area contributed by atoms with E-state index in [0.717, 1.165) is 18.7 Å².